The molecule has 1 aromatic heterocycles. The molecule has 0 fully saturated rings. The molecule has 18 heavy (non-hydrogen) atoms. The van der Waals surface area contributed by atoms with Gasteiger partial charge in [0.25, 0.3) is 0 Å². The van der Waals surface area contributed by atoms with Crippen LogP contribution in [-0.2, 0) is 20.0 Å². The van der Waals surface area contributed by atoms with E-state index in [1.165, 1.54) is 5.56 Å². The van der Waals surface area contributed by atoms with E-state index in [9.17, 15) is 0 Å². The van der Waals surface area contributed by atoms with Crippen molar-refractivity contribution in [3.63, 3.8) is 0 Å². The molecule has 0 amide bonds. The number of nitrogens with two attached hydrogens (primary N) is 1. The summed E-state index contributed by atoms with van der Waals surface area (Å²) in [6.07, 6.45) is 1.03. The molecule has 0 saturated heterocycles. The second-order valence-electron chi connectivity index (χ2n) is 4.30. The Bertz CT molecular complexity index is 529. The molecule has 0 radical (unpaired) electrons. The summed E-state index contributed by atoms with van der Waals surface area (Å²) >= 11 is 0. The van der Waals surface area contributed by atoms with Gasteiger partial charge in [0.2, 0.25) is 5.88 Å². The molecule has 0 aliphatic rings. The molecule has 2 rings (SSSR count). The Balaban J connectivity index is 2.27. The van der Waals surface area contributed by atoms with Crippen LogP contribution in [0.2, 0.25) is 0 Å². The van der Waals surface area contributed by atoms with E-state index in [-0.39, 0.29) is 0 Å². The monoisotopic (exact) mass is 245 g/mol. The van der Waals surface area contributed by atoms with Gasteiger partial charge in [0.1, 0.15) is 5.75 Å². The van der Waals surface area contributed by atoms with Gasteiger partial charge < -0.3 is 10.5 Å². The number of aryl methyl sites for hydroxylation is 3. The number of hydrogen-bond acceptors (Lipinski definition) is 3. The number of rotatable bonds is 4. The van der Waals surface area contributed by atoms with Crippen molar-refractivity contribution < 1.29 is 4.74 Å². The first kappa shape index (κ1) is 12.6. The summed E-state index contributed by atoms with van der Waals surface area (Å²) < 4.78 is 7.60. The van der Waals surface area contributed by atoms with Gasteiger partial charge in [-0.1, -0.05) is 19.1 Å². The molecule has 0 aliphatic heterocycles. The van der Waals surface area contributed by atoms with Crippen LogP contribution < -0.4 is 10.5 Å². The summed E-state index contributed by atoms with van der Waals surface area (Å²) in [5.74, 6) is 1.53. The topological polar surface area (TPSA) is 53.1 Å². The second kappa shape index (κ2) is 5.23. The fourth-order valence-electron chi connectivity index (χ4n) is 1.95. The molecule has 1 heterocycles. The molecule has 0 aliphatic carbocycles. The van der Waals surface area contributed by atoms with Crippen molar-refractivity contribution in [3.05, 3.63) is 41.1 Å². The maximum absolute atomic E-state index is 5.87. The maximum Gasteiger partial charge on any atom is 0.222 e. The van der Waals surface area contributed by atoms with Gasteiger partial charge in [0.05, 0.1) is 11.3 Å². The SMILES string of the molecule is CCc1ccc(Oc2c(CN)c(C)nn2C)cc1. The molecular weight excluding hydrogens is 226 g/mol. The number of benzene rings is 1. The normalized spacial score (nSPS) is 10.7. The molecule has 2 N–H and O–H groups in total. The van der Waals surface area contributed by atoms with E-state index in [2.05, 4.69) is 24.2 Å². The van der Waals surface area contributed by atoms with Crippen LogP contribution in [0.3, 0.4) is 0 Å². The number of nitrogens with zero attached hydrogens (tertiary/aromatic N) is 2. The molecule has 1 aromatic carbocycles. The van der Waals surface area contributed by atoms with E-state index in [0.29, 0.717) is 6.54 Å². The zero-order chi connectivity index (χ0) is 13.1. The first-order chi connectivity index (χ1) is 8.65. The Morgan fingerprint density at radius 2 is 1.94 bits per heavy atom. The van der Waals surface area contributed by atoms with E-state index >= 15 is 0 Å². The van der Waals surface area contributed by atoms with Gasteiger partial charge in [-0.05, 0) is 31.0 Å². The summed E-state index contributed by atoms with van der Waals surface area (Å²) in [5, 5.41) is 4.32. The van der Waals surface area contributed by atoms with E-state index in [4.69, 9.17) is 10.5 Å². The first-order valence-electron chi connectivity index (χ1n) is 6.15. The molecule has 0 spiro atoms. The zero-order valence-electron chi connectivity index (χ0n) is 11.1. The molecule has 0 atom stereocenters. The van der Waals surface area contributed by atoms with Gasteiger partial charge >= 0.3 is 0 Å². The molecular formula is C14H19N3O. The van der Waals surface area contributed by atoms with Crippen LogP contribution in [0.15, 0.2) is 24.3 Å². The number of hydrogen-bond donors (Lipinski definition) is 1. The van der Waals surface area contributed by atoms with Crippen molar-refractivity contribution in [3.8, 4) is 11.6 Å². The highest BCUT2D eigenvalue weighted by molar-refractivity contribution is 5.36. The molecule has 2 aromatic rings. The second-order valence-corrected chi connectivity index (χ2v) is 4.30. The van der Waals surface area contributed by atoms with Gasteiger partial charge in [-0.15, -0.1) is 0 Å². The van der Waals surface area contributed by atoms with Crippen LogP contribution in [0, 0.1) is 6.92 Å². The lowest BCUT2D eigenvalue weighted by Gasteiger charge is -2.08. The highest BCUT2D eigenvalue weighted by Gasteiger charge is 2.13. The summed E-state index contributed by atoms with van der Waals surface area (Å²) in [4.78, 5) is 0. The fraction of sp³-hybridized carbons (Fsp3) is 0.357. The van der Waals surface area contributed by atoms with Crippen LogP contribution in [0.25, 0.3) is 0 Å². The average molecular weight is 245 g/mol. The van der Waals surface area contributed by atoms with Crippen molar-refractivity contribution in [1.29, 1.82) is 0 Å². The van der Waals surface area contributed by atoms with Crippen molar-refractivity contribution in [1.82, 2.24) is 9.78 Å². The first-order valence-corrected chi connectivity index (χ1v) is 6.15. The standard InChI is InChI=1S/C14H19N3O/c1-4-11-5-7-12(8-6-11)18-14-13(9-15)10(2)16-17(14)3/h5-8H,4,9,15H2,1-3H3. The quantitative estimate of drug-likeness (QED) is 0.900. The maximum atomic E-state index is 5.87. The minimum absolute atomic E-state index is 0.433. The lowest BCUT2D eigenvalue weighted by Crippen LogP contribution is -2.01. The lowest BCUT2D eigenvalue weighted by molar-refractivity contribution is 0.426. The third kappa shape index (κ3) is 2.38. The molecule has 96 valence electrons. The third-order valence-electron chi connectivity index (χ3n) is 3.04. The van der Waals surface area contributed by atoms with Crippen molar-refractivity contribution in [2.24, 2.45) is 12.8 Å². The Labute approximate surface area is 107 Å². The van der Waals surface area contributed by atoms with E-state index in [1.807, 2.05) is 26.1 Å². The Hall–Kier alpha value is -1.81. The summed E-state index contributed by atoms with van der Waals surface area (Å²) in [6.45, 7) is 4.50. The van der Waals surface area contributed by atoms with Gasteiger partial charge in [-0.3, -0.25) is 0 Å². The van der Waals surface area contributed by atoms with Gasteiger partial charge in [0.15, 0.2) is 0 Å². The molecule has 0 unspecified atom stereocenters. The predicted molar refractivity (Wildman–Crippen MR) is 71.7 cm³/mol. The van der Waals surface area contributed by atoms with Gasteiger partial charge in [-0.2, -0.15) is 5.10 Å². The Morgan fingerprint density at radius 3 is 2.50 bits per heavy atom. The lowest BCUT2D eigenvalue weighted by atomic mass is 10.2. The largest absolute Gasteiger partial charge is 0.439 e. The highest BCUT2D eigenvalue weighted by atomic mass is 16.5. The average Bonchev–Trinajstić information content (AvgIpc) is 2.64. The predicted octanol–water partition coefficient (Wildman–Crippen LogP) is 2.54. The summed E-state index contributed by atoms with van der Waals surface area (Å²) in [6, 6.07) is 8.09. The molecule has 4 nitrogen and oxygen atoms in total. The minimum Gasteiger partial charge on any atom is -0.439 e. The van der Waals surface area contributed by atoms with Crippen LogP contribution in [0.1, 0.15) is 23.7 Å². The van der Waals surface area contributed by atoms with E-state index in [0.717, 1.165) is 29.3 Å². The van der Waals surface area contributed by atoms with E-state index < -0.39 is 0 Å². The van der Waals surface area contributed by atoms with Crippen molar-refractivity contribution in [2.75, 3.05) is 0 Å². The molecule has 0 bridgehead atoms. The smallest absolute Gasteiger partial charge is 0.222 e. The van der Waals surface area contributed by atoms with Gasteiger partial charge in [0, 0.05) is 13.6 Å². The third-order valence-corrected chi connectivity index (χ3v) is 3.04. The van der Waals surface area contributed by atoms with E-state index in [1.54, 1.807) is 4.68 Å². The minimum atomic E-state index is 0.433. The van der Waals surface area contributed by atoms with Crippen molar-refractivity contribution >= 4 is 0 Å². The Morgan fingerprint density at radius 1 is 1.28 bits per heavy atom. The van der Waals surface area contributed by atoms with Crippen LogP contribution >= 0.6 is 0 Å². The zero-order valence-corrected chi connectivity index (χ0v) is 11.1. The summed E-state index contributed by atoms with van der Waals surface area (Å²) in [5.41, 5.74) is 8.90. The van der Waals surface area contributed by atoms with Gasteiger partial charge in [-0.25, -0.2) is 4.68 Å². The van der Waals surface area contributed by atoms with Crippen LogP contribution in [-0.4, -0.2) is 9.78 Å². The summed E-state index contributed by atoms with van der Waals surface area (Å²) in [7, 11) is 1.86. The van der Waals surface area contributed by atoms with Crippen LogP contribution in [0.5, 0.6) is 11.6 Å². The number of ether oxygens (including phenoxy) is 1. The fourth-order valence-corrected chi connectivity index (χ4v) is 1.95. The van der Waals surface area contributed by atoms with Crippen molar-refractivity contribution in [2.45, 2.75) is 26.8 Å². The molecule has 4 heteroatoms. The Kier molecular flexibility index (Phi) is 3.67. The van der Waals surface area contributed by atoms with Crippen LogP contribution in [0.4, 0.5) is 0 Å². The molecule has 0 saturated carbocycles. The number of aromatic nitrogens is 2. The highest BCUT2D eigenvalue weighted by Crippen LogP contribution is 2.26.